The summed E-state index contributed by atoms with van der Waals surface area (Å²) < 4.78 is 34.1. The van der Waals surface area contributed by atoms with Crippen molar-refractivity contribution in [3.05, 3.63) is 23.8 Å². The Labute approximate surface area is 178 Å². The summed E-state index contributed by atoms with van der Waals surface area (Å²) in [5.41, 5.74) is 0.499. The van der Waals surface area contributed by atoms with E-state index in [0.29, 0.717) is 5.56 Å². The van der Waals surface area contributed by atoms with Gasteiger partial charge in [-0.15, -0.1) is 0 Å². The lowest BCUT2D eigenvalue weighted by atomic mass is 10.0. The van der Waals surface area contributed by atoms with Crippen molar-refractivity contribution < 1.29 is 28.2 Å². The molecule has 2 rings (SSSR count). The SMILES string of the molecule is CC(=O)N(C)C[C@@H]1Oc2cc(C#C[C@@H](C)O)ccc2S(=O)(=O)N([C@H](C)CO)C[C@H]1C. The molecular weight excluding hydrogens is 408 g/mol. The number of aliphatic hydroxyl groups is 2. The van der Waals surface area contributed by atoms with Gasteiger partial charge in [0.05, 0.1) is 13.2 Å². The highest BCUT2D eigenvalue weighted by Gasteiger charge is 2.38. The summed E-state index contributed by atoms with van der Waals surface area (Å²) in [6.45, 7) is 6.59. The molecule has 1 aromatic carbocycles. The maximum Gasteiger partial charge on any atom is 0.247 e. The van der Waals surface area contributed by atoms with Crippen LogP contribution in [0, 0.1) is 17.8 Å². The van der Waals surface area contributed by atoms with Crippen LogP contribution in [0.25, 0.3) is 0 Å². The Morgan fingerprint density at radius 3 is 2.63 bits per heavy atom. The second-order valence-corrected chi connectivity index (χ2v) is 9.61. The highest BCUT2D eigenvalue weighted by atomic mass is 32.2. The summed E-state index contributed by atoms with van der Waals surface area (Å²) in [6.07, 6.45) is -1.30. The number of likely N-dealkylation sites (N-methyl/N-ethyl adjacent to an activating group) is 1. The number of fused-ring (bicyclic) bond motifs is 1. The van der Waals surface area contributed by atoms with Gasteiger partial charge in [-0.05, 0) is 32.0 Å². The first-order valence-corrected chi connectivity index (χ1v) is 11.3. The van der Waals surface area contributed by atoms with Gasteiger partial charge in [0.2, 0.25) is 15.9 Å². The summed E-state index contributed by atoms with van der Waals surface area (Å²) in [6, 6.07) is 3.89. The molecule has 1 heterocycles. The topological polar surface area (TPSA) is 107 Å². The van der Waals surface area contributed by atoms with Crippen molar-refractivity contribution in [3.63, 3.8) is 0 Å². The van der Waals surface area contributed by atoms with E-state index in [1.807, 2.05) is 6.92 Å². The minimum absolute atomic E-state index is 0.0206. The molecule has 2 N–H and O–H groups in total. The largest absolute Gasteiger partial charge is 0.487 e. The molecule has 1 aromatic rings. The molecule has 0 aliphatic carbocycles. The molecule has 1 amide bonds. The quantitative estimate of drug-likeness (QED) is 0.669. The molecule has 8 nitrogen and oxygen atoms in total. The Kier molecular flexibility index (Phi) is 7.88. The van der Waals surface area contributed by atoms with Crippen molar-refractivity contribution in [2.75, 3.05) is 26.7 Å². The fourth-order valence-corrected chi connectivity index (χ4v) is 4.93. The Hall–Kier alpha value is -2.12. The van der Waals surface area contributed by atoms with Crippen molar-refractivity contribution >= 4 is 15.9 Å². The molecule has 0 unspecified atom stereocenters. The summed E-state index contributed by atoms with van der Waals surface area (Å²) >= 11 is 0. The lowest BCUT2D eigenvalue weighted by Gasteiger charge is -2.37. The van der Waals surface area contributed by atoms with Crippen molar-refractivity contribution in [2.24, 2.45) is 5.92 Å². The van der Waals surface area contributed by atoms with Gasteiger partial charge in [0.25, 0.3) is 0 Å². The summed E-state index contributed by atoms with van der Waals surface area (Å²) in [4.78, 5) is 13.2. The van der Waals surface area contributed by atoms with Crippen LogP contribution in [-0.2, 0) is 14.8 Å². The first kappa shape index (κ1) is 24.2. The molecule has 9 heteroatoms. The van der Waals surface area contributed by atoms with E-state index in [0.717, 1.165) is 0 Å². The predicted octanol–water partition coefficient (Wildman–Crippen LogP) is 0.666. The number of ether oxygens (including phenoxy) is 1. The summed E-state index contributed by atoms with van der Waals surface area (Å²) in [5, 5.41) is 19.0. The number of hydrogen-bond donors (Lipinski definition) is 2. The maximum atomic E-state index is 13.3. The first-order valence-electron chi connectivity index (χ1n) is 9.82. The van der Waals surface area contributed by atoms with Crippen molar-refractivity contribution in [1.29, 1.82) is 0 Å². The monoisotopic (exact) mass is 438 g/mol. The Bertz CT molecular complexity index is 935. The number of rotatable bonds is 4. The maximum absolute atomic E-state index is 13.3. The molecule has 0 aromatic heterocycles. The number of benzene rings is 1. The highest BCUT2D eigenvalue weighted by Crippen LogP contribution is 2.34. The van der Waals surface area contributed by atoms with E-state index >= 15 is 0 Å². The van der Waals surface area contributed by atoms with Crippen LogP contribution in [0.4, 0.5) is 0 Å². The second-order valence-electron chi connectivity index (χ2n) is 7.75. The predicted molar refractivity (Wildman–Crippen MR) is 112 cm³/mol. The standard InChI is InChI=1S/C21H30N2O6S/c1-14-11-23(15(2)13-24)30(27,28)21-9-8-18(7-6-16(3)25)10-19(21)29-20(14)12-22(5)17(4)26/h8-10,14-16,20,24-25H,11-13H2,1-5H3/t14-,15-,16-,20+/m1/s1. The number of sulfonamides is 1. The van der Waals surface area contributed by atoms with Gasteiger partial charge in [-0.2, -0.15) is 4.31 Å². The van der Waals surface area contributed by atoms with Crippen LogP contribution in [0.15, 0.2) is 23.1 Å². The van der Waals surface area contributed by atoms with Crippen molar-refractivity contribution in [1.82, 2.24) is 9.21 Å². The Balaban J connectivity index is 2.60. The van der Waals surface area contributed by atoms with Gasteiger partial charge in [0.15, 0.2) is 0 Å². The van der Waals surface area contributed by atoms with Crippen LogP contribution in [0.2, 0.25) is 0 Å². The van der Waals surface area contributed by atoms with E-state index in [1.165, 1.54) is 35.2 Å². The zero-order chi connectivity index (χ0) is 22.6. The van der Waals surface area contributed by atoms with Gasteiger partial charge in [-0.1, -0.05) is 18.8 Å². The van der Waals surface area contributed by atoms with E-state index in [1.54, 1.807) is 20.0 Å². The lowest BCUT2D eigenvalue weighted by molar-refractivity contribution is -0.129. The van der Waals surface area contributed by atoms with E-state index in [-0.39, 0.29) is 42.2 Å². The molecule has 0 radical (unpaired) electrons. The van der Waals surface area contributed by atoms with Crippen LogP contribution in [0.3, 0.4) is 0 Å². The number of hydrogen-bond acceptors (Lipinski definition) is 6. The van der Waals surface area contributed by atoms with Gasteiger partial charge in [-0.3, -0.25) is 4.79 Å². The number of carbonyl (C=O) groups excluding carboxylic acids is 1. The zero-order valence-electron chi connectivity index (χ0n) is 18.0. The molecule has 1 aliphatic rings. The van der Waals surface area contributed by atoms with Crippen molar-refractivity contribution in [2.45, 2.75) is 50.8 Å². The van der Waals surface area contributed by atoms with Crippen molar-refractivity contribution in [3.8, 4) is 17.6 Å². The first-order chi connectivity index (χ1) is 14.0. The third-order valence-electron chi connectivity index (χ3n) is 5.08. The van der Waals surface area contributed by atoms with Gasteiger partial charge in [0, 0.05) is 38.0 Å². The highest BCUT2D eigenvalue weighted by molar-refractivity contribution is 7.89. The second kappa shape index (κ2) is 9.79. The van der Waals surface area contributed by atoms with E-state index < -0.39 is 28.3 Å². The minimum Gasteiger partial charge on any atom is -0.487 e. The van der Waals surface area contributed by atoms with Crippen LogP contribution >= 0.6 is 0 Å². The Morgan fingerprint density at radius 1 is 1.40 bits per heavy atom. The fourth-order valence-electron chi connectivity index (χ4n) is 3.11. The molecule has 0 saturated heterocycles. The van der Waals surface area contributed by atoms with Crippen LogP contribution < -0.4 is 4.74 Å². The van der Waals surface area contributed by atoms with Gasteiger partial charge in [-0.25, -0.2) is 8.42 Å². The molecule has 0 spiro atoms. The van der Waals surface area contributed by atoms with Crippen LogP contribution in [0.1, 0.15) is 33.3 Å². The number of carbonyl (C=O) groups is 1. The zero-order valence-corrected chi connectivity index (χ0v) is 18.8. The van der Waals surface area contributed by atoms with Crippen LogP contribution in [0.5, 0.6) is 5.75 Å². The summed E-state index contributed by atoms with van der Waals surface area (Å²) in [5.74, 6) is 5.17. The van der Waals surface area contributed by atoms with Crippen LogP contribution in [-0.4, -0.2) is 78.7 Å². The fraction of sp³-hybridized carbons (Fsp3) is 0.571. The van der Waals surface area contributed by atoms with Gasteiger partial charge >= 0.3 is 0 Å². The molecule has 166 valence electrons. The molecule has 0 saturated carbocycles. The molecular formula is C21H30N2O6S. The average molecular weight is 439 g/mol. The minimum atomic E-state index is -3.93. The molecule has 4 atom stereocenters. The number of aliphatic hydroxyl groups excluding tert-OH is 2. The van der Waals surface area contributed by atoms with E-state index in [9.17, 15) is 23.4 Å². The lowest BCUT2D eigenvalue weighted by Crippen LogP contribution is -2.50. The van der Waals surface area contributed by atoms with Gasteiger partial charge < -0.3 is 19.8 Å². The molecule has 30 heavy (non-hydrogen) atoms. The molecule has 0 bridgehead atoms. The summed E-state index contributed by atoms with van der Waals surface area (Å²) in [7, 11) is -2.27. The third kappa shape index (κ3) is 5.52. The molecule has 1 aliphatic heterocycles. The Morgan fingerprint density at radius 2 is 2.07 bits per heavy atom. The molecule has 0 fully saturated rings. The number of amides is 1. The van der Waals surface area contributed by atoms with Gasteiger partial charge in [0.1, 0.15) is 22.9 Å². The van der Waals surface area contributed by atoms with E-state index in [2.05, 4.69) is 11.8 Å². The normalized spacial score (nSPS) is 22.9. The number of nitrogens with zero attached hydrogens (tertiary/aromatic N) is 2. The third-order valence-corrected chi connectivity index (χ3v) is 7.10. The van der Waals surface area contributed by atoms with E-state index in [4.69, 9.17) is 4.74 Å². The average Bonchev–Trinajstić information content (AvgIpc) is 2.68. The smallest absolute Gasteiger partial charge is 0.247 e.